The molecule has 0 unspecified atom stereocenters. The maximum Gasteiger partial charge on any atom is 0.0459 e. The lowest BCUT2D eigenvalue weighted by atomic mass is 10.4. The van der Waals surface area contributed by atoms with Crippen LogP contribution in [0.15, 0.2) is 31.6 Å². The zero-order valence-corrected chi connectivity index (χ0v) is 9.62. The Labute approximate surface area is 84.5 Å². The third kappa shape index (κ3) is 2.34. The number of halogens is 3. The van der Waals surface area contributed by atoms with Gasteiger partial charge in [-0.3, -0.25) is 0 Å². The van der Waals surface area contributed by atoms with Crippen LogP contribution in [-0.2, 0) is 0 Å². The molecule has 4 heteroatoms. The van der Waals surface area contributed by atoms with Gasteiger partial charge in [-0.1, -0.05) is 6.07 Å². The fourth-order valence-electron chi connectivity index (χ4n) is 0.477. The van der Waals surface area contributed by atoms with E-state index in [1.165, 1.54) is 0 Å². The van der Waals surface area contributed by atoms with E-state index in [0.29, 0.717) is 0 Å². The zero-order valence-electron chi connectivity index (χ0n) is 4.87. The highest BCUT2D eigenvalue weighted by atomic mass is 79.9. The quantitative estimate of drug-likeness (QED) is 0.654. The average Bonchev–Trinajstić information content (AvgIpc) is 1.83. The van der Waals surface area contributed by atoms with Gasteiger partial charge in [0.15, 0.2) is 0 Å². The van der Waals surface area contributed by atoms with Crippen molar-refractivity contribution in [3.63, 3.8) is 0 Å². The third-order valence-corrected chi connectivity index (χ3v) is 4.14. The van der Waals surface area contributed by atoms with Crippen LogP contribution < -0.4 is 0 Å². The second kappa shape index (κ2) is 4.49. The van der Waals surface area contributed by atoms with Gasteiger partial charge in [-0.2, -0.15) is 0 Å². The molecular formula is C6H5Br3O. The lowest BCUT2D eigenvalue weighted by Gasteiger charge is -1.95. The van der Waals surface area contributed by atoms with E-state index in [9.17, 15) is 0 Å². The van der Waals surface area contributed by atoms with E-state index >= 15 is 0 Å². The summed E-state index contributed by atoms with van der Waals surface area (Å²) in [7, 11) is 0. The molecule has 1 rings (SSSR count). The number of hydrogen-bond donors (Lipinski definition) is 0. The zero-order chi connectivity index (χ0) is 6.85. The van der Waals surface area contributed by atoms with Crippen molar-refractivity contribution in [3.8, 4) is 0 Å². The molecule has 0 radical (unpaired) electrons. The Bertz CT molecular complexity index is 204. The van der Waals surface area contributed by atoms with Crippen LogP contribution in [0.4, 0.5) is 0 Å². The molecule has 0 fully saturated rings. The van der Waals surface area contributed by atoms with Gasteiger partial charge in [0.05, 0.1) is 0 Å². The first-order chi connectivity index (χ1) is 4.22. The molecule has 0 amide bonds. The summed E-state index contributed by atoms with van der Waals surface area (Å²) in [4.78, 5) is 0. The summed E-state index contributed by atoms with van der Waals surface area (Å²) >= 11 is 10.1. The largest absolute Gasteiger partial charge is 0.412 e. The predicted molar refractivity (Wildman–Crippen MR) is 53.2 cm³/mol. The second-order valence-electron chi connectivity index (χ2n) is 1.54. The monoisotopic (exact) mass is 330 g/mol. The van der Waals surface area contributed by atoms with Crippen LogP contribution >= 0.6 is 47.8 Å². The Morgan fingerprint density at radius 1 is 0.900 bits per heavy atom. The van der Waals surface area contributed by atoms with Crippen LogP contribution in [0.3, 0.4) is 0 Å². The van der Waals surface area contributed by atoms with Gasteiger partial charge >= 0.3 is 0 Å². The van der Waals surface area contributed by atoms with E-state index in [4.69, 9.17) is 0 Å². The van der Waals surface area contributed by atoms with Crippen molar-refractivity contribution in [2.24, 2.45) is 0 Å². The minimum absolute atomic E-state index is 0. The fraction of sp³-hybridized carbons (Fsp3) is 0. The molecule has 10 heavy (non-hydrogen) atoms. The SMILES string of the molecule is Brc1cccc(Br)c1Br.O. The molecule has 0 aromatic heterocycles. The summed E-state index contributed by atoms with van der Waals surface area (Å²) in [6.45, 7) is 0. The average molecular weight is 333 g/mol. The fourth-order valence-corrected chi connectivity index (χ4v) is 1.74. The molecule has 1 nitrogen and oxygen atoms in total. The molecule has 0 saturated carbocycles. The maximum atomic E-state index is 3.39. The van der Waals surface area contributed by atoms with Crippen LogP contribution in [0.1, 0.15) is 0 Å². The number of rotatable bonds is 0. The Balaban J connectivity index is 0.000000810. The Kier molecular flexibility index (Phi) is 4.77. The van der Waals surface area contributed by atoms with Gasteiger partial charge < -0.3 is 5.48 Å². The first-order valence-corrected chi connectivity index (χ1v) is 4.69. The van der Waals surface area contributed by atoms with Crippen molar-refractivity contribution >= 4 is 47.8 Å². The van der Waals surface area contributed by atoms with Crippen molar-refractivity contribution in [1.82, 2.24) is 0 Å². The van der Waals surface area contributed by atoms with Crippen LogP contribution in [-0.4, -0.2) is 5.48 Å². The minimum Gasteiger partial charge on any atom is -0.412 e. The van der Waals surface area contributed by atoms with Crippen LogP contribution in [0, 0.1) is 0 Å². The Morgan fingerprint density at radius 2 is 1.30 bits per heavy atom. The molecule has 2 N–H and O–H groups in total. The molecule has 0 bridgehead atoms. The predicted octanol–water partition coefficient (Wildman–Crippen LogP) is 3.15. The lowest BCUT2D eigenvalue weighted by molar-refractivity contribution is 0.824. The van der Waals surface area contributed by atoms with Crippen molar-refractivity contribution in [3.05, 3.63) is 31.6 Å². The molecule has 0 aliphatic rings. The van der Waals surface area contributed by atoms with Crippen molar-refractivity contribution in [1.29, 1.82) is 0 Å². The molecule has 0 spiro atoms. The highest BCUT2D eigenvalue weighted by Gasteiger charge is 1.97. The van der Waals surface area contributed by atoms with E-state index in [1.807, 2.05) is 18.2 Å². The Morgan fingerprint density at radius 3 is 1.60 bits per heavy atom. The van der Waals surface area contributed by atoms with Crippen molar-refractivity contribution in [2.45, 2.75) is 0 Å². The standard InChI is InChI=1S/C6H3Br3.H2O/c7-4-2-1-3-5(8)6(4)9;/h1-3H;1H2. The van der Waals surface area contributed by atoms with Gasteiger partial charge in [0, 0.05) is 13.4 Å². The molecule has 0 atom stereocenters. The molecule has 0 aliphatic carbocycles. The molecule has 0 saturated heterocycles. The summed E-state index contributed by atoms with van der Waals surface area (Å²) in [5.74, 6) is 0. The highest BCUT2D eigenvalue weighted by Crippen LogP contribution is 2.29. The second-order valence-corrected chi connectivity index (χ2v) is 4.04. The van der Waals surface area contributed by atoms with Crippen LogP contribution in [0.2, 0.25) is 0 Å². The molecule has 56 valence electrons. The summed E-state index contributed by atoms with van der Waals surface area (Å²) in [5.41, 5.74) is 0. The van der Waals surface area contributed by atoms with E-state index < -0.39 is 0 Å². The Hall–Kier alpha value is 0.620. The lowest BCUT2D eigenvalue weighted by Crippen LogP contribution is -1.69. The van der Waals surface area contributed by atoms with Gasteiger partial charge in [0.1, 0.15) is 0 Å². The third-order valence-electron chi connectivity index (χ3n) is 0.904. The smallest absolute Gasteiger partial charge is 0.0459 e. The highest BCUT2D eigenvalue weighted by molar-refractivity contribution is 9.14. The minimum atomic E-state index is 0. The first kappa shape index (κ1) is 10.6. The molecule has 0 heterocycles. The summed E-state index contributed by atoms with van der Waals surface area (Å²) in [6.07, 6.45) is 0. The van der Waals surface area contributed by atoms with Crippen molar-refractivity contribution in [2.75, 3.05) is 0 Å². The molecular weight excluding hydrogens is 328 g/mol. The van der Waals surface area contributed by atoms with E-state index in [0.717, 1.165) is 13.4 Å². The van der Waals surface area contributed by atoms with Gasteiger partial charge in [-0.05, 0) is 59.9 Å². The summed E-state index contributed by atoms with van der Waals surface area (Å²) < 4.78 is 3.19. The maximum absolute atomic E-state index is 3.39. The summed E-state index contributed by atoms with van der Waals surface area (Å²) in [5, 5.41) is 0. The number of hydrogen-bond acceptors (Lipinski definition) is 0. The first-order valence-electron chi connectivity index (χ1n) is 2.31. The molecule has 0 aliphatic heterocycles. The van der Waals surface area contributed by atoms with E-state index in [1.54, 1.807) is 0 Å². The van der Waals surface area contributed by atoms with Crippen LogP contribution in [0.5, 0.6) is 0 Å². The molecule has 1 aromatic carbocycles. The van der Waals surface area contributed by atoms with Gasteiger partial charge in [-0.15, -0.1) is 0 Å². The van der Waals surface area contributed by atoms with E-state index in [-0.39, 0.29) is 5.48 Å². The van der Waals surface area contributed by atoms with E-state index in [2.05, 4.69) is 47.8 Å². The van der Waals surface area contributed by atoms with Gasteiger partial charge in [0.25, 0.3) is 0 Å². The van der Waals surface area contributed by atoms with Gasteiger partial charge in [-0.25, -0.2) is 0 Å². The van der Waals surface area contributed by atoms with Gasteiger partial charge in [0.2, 0.25) is 0 Å². The molecule has 1 aromatic rings. The summed E-state index contributed by atoms with van der Waals surface area (Å²) in [6, 6.07) is 5.93. The topological polar surface area (TPSA) is 31.5 Å². The normalized spacial score (nSPS) is 8.70. The van der Waals surface area contributed by atoms with Crippen LogP contribution in [0.25, 0.3) is 0 Å². The van der Waals surface area contributed by atoms with Crippen molar-refractivity contribution < 1.29 is 5.48 Å². The number of benzene rings is 1.